The molecule has 0 unspecified atom stereocenters. The molecule has 0 spiro atoms. The predicted octanol–water partition coefficient (Wildman–Crippen LogP) is 0.994. The number of ether oxygens (including phenoxy) is 1. The molecule has 0 aromatic rings. The molecule has 2 N–H and O–H groups in total. The molecule has 0 radical (unpaired) electrons. The van der Waals surface area contributed by atoms with E-state index < -0.39 is 0 Å². The second-order valence-electron chi connectivity index (χ2n) is 1.53. The molecule has 0 aliphatic heterocycles. The highest BCUT2D eigenvalue weighted by Gasteiger charge is 1.79. The van der Waals surface area contributed by atoms with E-state index >= 15 is 0 Å². The van der Waals surface area contributed by atoms with Crippen LogP contribution in [0.2, 0.25) is 0 Å². The van der Waals surface area contributed by atoms with Gasteiger partial charge in [-0.25, -0.2) is 0 Å². The van der Waals surface area contributed by atoms with Crippen LogP contribution in [0.25, 0.3) is 0 Å². The second kappa shape index (κ2) is 17.0. The summed E-state index contributed by atoms with van der Waals surface area (Å²) in [6.07, 6.45) is 0. The van der Waals surface area contributed by atoms with E-state index in [2.05, 4.69) is 17.9 Å². The van der Waals surface area contributed by atoms with Gasteiger partial charge in [0.25, 0.3) is 0 Å². The van der Waals surface area contributed by atoms with Crippen LogP contribution in [-0.2, 0) is 4.74 Å². The molecule has 4 heteroatoms. The van der Waals surface area contributed by atoms with E-state index in [-0.39, 0.29) is 13.2 Å². The van der Waals surface area contributed by atoms with Gasteiger partial charge in [-0.3, -0.25) is 0 Å². The Morgan fingerprint density at radius 2 is 1.50 bits per heavy atom. The minimum atomic E-state index is 0.0278. The minimum Gasteiger partial charge on any atom is -0.394 e. The van der Waals surface area contributed by atoms with Gasteiger partial charge in [-0.2, -0.15) is 0 Å². The largest absolute Gasteiger partial charge is 0.394 e. The molecule has 0 heterocycles. The Hall–Kier alpha value is -0.290. The summed E-state index contributed by atoms with van der Waals surface area (Å²) in [6, 6.07) is 0. The zero-order valence-corrected chi connectivity index (χ0v) is 7.92. The van der Waals surface area contributed by atoms with Gasteiger partial charge in [0.1, 0.15) is 0 Å². The van der Waals surface area contributed by atoms with E-state index in [1.807, 2.05) is 0 Å². The molecule has 0 atom stereocenters. The molecule has 0 aromatic carbocycles. The molecule has 0 rings (SSSR count). The monoisotopic (exact) mass is 192 g/mol. The van der Waals surface area contributed by atoms with Crippen molar-refractivity contribution in [2.24, 2.45) is 0 Å². The third kappa shape index (κ3) is 22.6. The van der Waals surface area contributed by atoms with E-state index in [1.165, 1.54) is 11.8 Å². The van der Waals surface area contributed by atoms with Crippen LogP contribution in [0.1, 0.15) is 0 Å². The lowest BCUT2D eigenvalue weighted by molar-refractivity contribution is 0.0650. The molecule has 0 aliphatic rings. The van der Waals surface area contributed by atoms with Crippen LogP contribution in [0.4, 0.5) is 0 Å². The molecule has 0 amide bonds. The van der Waals surface area contributed by atoms with Gasteiger partial charge in [0.15, 0.2) is 0 Å². The molecule has 0 aromatic heterocycles. The second-order valence-corrected chi connectivity index (χ2v) is 2.47. The topological polar surface area (TPSA) is 49.7 Å². The summed E-state index contributed by atoms with van der Waals surface area (Å²) < 4.78 is 4.63. The lowest BCUT2D eigenvalue weighted by Crippen LogP contribution is -2.03. The SMILES string of the molecule is C=CSC=C.OCCOCCO. The Bertz CT molecular complexity index is 86.3. The molecule has 0 aliphatic carbocycles. The van der Waals surface area contributed by atoms with Crippen LogP contribution in [0.15, 0.2) is 24.0 Å². The fraction of sp³-hybridized carbons (Fsp3) is 0.500. The Kier molecular flexibility index (Phi) is 20.2. The number of rotatable bonds is 6. The van der Waals surface area contributed by atoms with Crippen molar-refractivity contribution in [1.82, 2.24) is 0 Å². The van der Waals surface area contributed by atoms with Gasteiger partial charge in [0.2, 0.25) is 0 Å². The fourth-order valence-corrected chi connectivity index (χ4v) is 0.435. The summed E-state index contributed by atoms with van der Waals surface area (Å²) in [6.45, 7) is 7.58. The van der Waals surface area contributed by atoms with Gasteiger partial charge in [0.05, 0.1) is 26.4 Å². The number of hydrogen-bond donors (Lipinski definition) is 2. The molecule has 0 saturated carbocycles. The van der Waals surface area contributed by atoms with Crippen molar-refractivity contribution in [1.29, 1.82) is 0 Å². The Morgan fingerprint density at radius 1 is 1.08 bits per heavy atom. The Balaban J connectivity index is 0. The lowest BCUT2D eigenvalue weighted by atomic mass is 10.7. The van der Waals surface area contributed by atoms with Crippen molar-refractivity contribution in [2.45, 2.75) is 0 Å². The maximum Gasteiger partial charge on any atom is 0.0698 e. The van der Waals surface area contributed by atoms with Gasteiger partial charge in [0, 0.05) is 0 Å². The third-order valence-electron chi connectivity index (χ3n) is 0.664. The standard InChI is InChI=1S/C4H10O3.C4H6S/c5-1-3-7-4-2-6;1-3-5-4-2/h5-6H,1-4H2;3-4H,1-2H2. The van der Waals surface area contributed by atoms with E-state index in [4.69, 9.17) is 10.2 Å². The van der Waals surface area contributed by atoms with Crippen molar-refractivity contribution in [2.75, 3.05) is 26.4 Å². The fourth-order valence-electron chi connectivity index (χ4n) is 0.299. The molecule has 0 fully saturated rings. The number of aliphatic hydroxyl groups excluding tert-OH is 2. The van der Waals surface area contributed by atoms with E-state index in [1.54, 1.807) is 10.8 Å². The molecular formula is C8H16O3S. The van der Waals surface area contributed by atoms with Crippen molar-refractivity contribution in [3.63, 3.8) is 0 Å². The van der Waals surface area contributed by atoms with Gasteiger partial charge in [-0.15, -0.1) is 11.8 Å². The number of aliphatic hydroxyl groups is 2. The van der Waals surface area contributed by atoms with Crippen LogP contribution >= 0.6 is 11.8 Å². The van der Waals surface area contributed by atoms with E-state index in [0.717, 1.165) is 0 Å². The lowest BCUT2D eigenvalue weighted by Gasteiger charge is -1.94. The summed E-state index contributed by atoms with van der Waals surface area (Å²) >= 11 is 1.49. The highest BCUT2D eigenvalue weighted by Crippen LogP contribution is 1.96. The van der Waals surface area contributed by atoms with Gasteiger partial charge < -0.3 is 14.9 Å². The zero-order chi connectivity index (χ0) is 9.66. The average Bonchev–Trinajstić information content (AvgIpc) is 2.08. The third-order valence-corrected chi connectivity index (χ3v) is 1.05. The van der Waals surface area contributed by atoms with E-state index in [9.17, 15) is 0 Å². The first-order chi connectivity index (χ1) is 5.83. The van der Waals surface area contributed by atoms with Gasteiger partial charge in [-0.1, -0.05) is 13.2 Å². The first-order valence-electron chi connectivity index (χ1n) is 3.50. The zero-order valence-electron chi connectivity index (χ0n) is 7.11. The van der Waals surface area contributed by atoms with Crippen LogP contribution in [0.5, 0.6) is 0 Å². The Labute approximate surface area is 77.7 Å². The minimum absolute atomic E-state index is 0.0278. The van der Waals surface area contributed by atoms with Crippen molar-refractivity contribution in [3.05, 3.63) is 24.0 Å². The summed E-state index contributed by atoms with van der Waals surface area (Å²) in [5.41, 5.74) is 0. The number of thioether (sulfide) groups is 1. The molecule has 0 bridgehead atoms. The van der Waals surface area contributed by atoms with Crippen molar-refractivity contribution < 1.29 is 14.9 Å². The summed E-state index contributed by atoms with van der Waals surface area (Å²) in [4.78, 5) is 0. The van der Waals surface area contributed by atoms with Crippen LogP contribution < -0.4 is 0 Å². The predicted molar refractivity (Wildman–Crippen MR) is 53.0 cm³/mol. The van der Waals surface area contributed by atoms with Crippen molar-refractivity contribution in [3.8, 4) is 0 Å². The summed E-state index contributed by atoms with van der Waals surface area (Å²) in [7, 11) is 0. The van der Waals surface area contributed by atoms with E-state index in [0.29, 0.717) is 13.2 Å². The molecule has 3 nitrogen and oxygen atoms in total. The first kappa shape index (κ1) is 14.2. The smallest absolute Gasteiger partial charge is 0.0698 e. The maximum atomic E-state index is 8.09. The van der Waals surface area contributed by atoms with Crippen LogP contribution in [-0.4, -0.2) is 36.6 Å². The van der Waals surface area contributed by atoms with Gasteiger partial charge in [-0.05, 0) is 10.8 Å². The summed E-state index contributed by atoms with van der Waals surface area (Å²) in [5, 5.41) is 19.6. The molecular weight excluding hydrogens is 176 g/mol. The number of hydrogen-bond acceptors (Lipinski definition) is 4. The normalized spacial score (nSPS) is 8.17. The quantitative estimate of drug-likeness (QED) is 0.616. The highest BCUT2D eigenvalue weighted by molar-refractivity contribution is 8.04. The molecule has 0 saturated heterocycles. The highest BCUT2D eigenvalue weighted by atomic mass is 32.2. The van der Waals surface area contributed by atoms with Crippen molar-refractivity contribution >= 4 is 11.8 Å². The summed E-state index contributed by atoms with van der Waals surface area (Å²) in [5.74, 6) is 0. The molecule has 72 valence electrons. The average molecular weight is 192 g/mol. The van der Waals surface area contributed by atoms with Gasteiger partial charge >= 0.3 is 0 Å². The van der Waals surface area contributed by atoms with Crippen LogP contribution in [0, 0.1) is 0 Å². The first-order valence-corrected chi connectivity index (χ1v) is 4.44. The maximum absolute atomic E-state index is 8.09. The Morgan fingerprint density at radius 3 is 1.67 bits per heavy atom. The van der Waals surface area contributed by atoms with Crippen LogP contribution in [0.3, 0.4) is 0 Å². The molecule has 12 heavy (non-hydrogen) atoms.